The normalized spacial score (nSPS) is 13.3. The van der Waals surface area contributed by atoms with E-state index in [-0.39, 0.29) is 5.54 Å². The fourth-order valence-corrected chi connectivity index (χ4v) is 3.22. The van der Waals surface area contributed by atoms with Crippen molar-refractivity contribution in [2.24, 2.45) is 0 Å². The van der Waals surface area contributed by atoms with Gasteiger partial charge in [0.2, 0.25) is 0 Å². The minimum atomic E-state index is 0.171. The summed E-state index contributed by atoms with van der Waals surface area (Å²) >= 11 is 1.79. The number of aryl methyl sites for hydroxylation is 2. The molecule has 1 aromatic carbocycles. The van der Waals surface area contributed by atoms with Crippen LogP contribution < -0.4 is 5.32 Å². The van der Waals surface area contributed by atoms with Gasteiger partial charge in [-0.1, -0.05) is 29.8 Å². The van der Waals surface area contributed by atoms with Crippen LogP contribution in [0.4, 0.5) is 0 Å². The topological polar surface area (TPSA) is 12.0 Å². The van der Waals surface area contributed by atoms with Crippen LogP contribution >= 0.6 is 11.3 Å². The molecule has 2 rings (SSSR count). The van der Waals surface area contributed by atoms with Crippen molar-refractivity contribution in [1.29, 1.82) is 0 Å². The average molecular weight is 301 g/mol. The van der Waals surface area contributed by atoms with Gasteiger partial charge in [0.25, 0.3) is 0 Å². The molecular formula is C19H27NS. The zero-order chi connectivity index (χ0) is 15.3. The molecule has 0 radical (unpaired) electrons. The van der Waals surface area contributed by atoms with Crippen molar-refractivity contribution in [3.8, 4) is 0 Å². The van der Waals surface area contributed by atoms with E-state index in [0.29, 0.717) is 5.92 Å². The third-order valence-corrected chi connectivity index (χ3v) is 4.49. The third kappa shape index (κ3) is 5.64. The van der Waals surface area contributed by atoms with Gasteiger partial charge in [0.1, 0.15) is 0 Å². The van der Waals surface area contributed by atoms with Gasteiger partial charge in [-0.25, -0.2) is 0 Å². The van der Waals surface area contributed by atoms with E-state index >= 15 is 0 Å². The third-order valence-electron chi connectivity index (χ3n) is 3.75. The number of hydrogen-bond acceptors (Lipinski definition) is 2. The molecule has 0 saturated heterocycles. The van der Waals surface area contributed by atoms with Crippen LogP contribution in [0.3, 0.4) is 0 Å². The van der Waals surface area contributed by atoms with E-state index < -0.39 is 0 Å². The quantitative estimate of drug-likeness (QED) is 0.777. The maximum atomic E-state index is 3.67. The lowest BCUT2D eigenvalue weighted by atomic mass is 9.91. The van der Waals surface area contributed by atoms with Crippen LogP contribution in [0.5, 0.6) is 0 Å². The second kappa shape index (κ2) is 7.24. The highest BCUT2D eigenvalue weighted by Crippen LogP contribution is 2.23. The van der Waals surface area contributed by atoms with Crippen LogP contribution in [0.1, 0.15) is 49.8 Å². The maximum Gasteiger partial charge on any atom is 0.00967 e. The Balaban J connectivity index is 2.06. The van der Waals surface area contributed by atoms with Crippen molar-refractivity contribution in [3.05, 3.63) is 57.8 Å². The van der Waals surface area contributed by atoms with E-state index in [2.05, 4.69) is 74.1 Å². The van der Waals surface area contributed by atoms with E-state index in [1.807, 2.05) is 0 Å². The van der Waals surface area contributed by atoms with Gasteiger partial charge in [-0.05, 0) is 74.4 Å². The molecule has 2 aromatic rings. The molecular weight excluding hydrogens is 274 g/mol. The first-order valence-electron chi connectivity index (χ1n) is 7.77. The highest BCUT2D eigenvalue weighted by molar-refractivity contribution is 7.07. The molecule has 21 heavy (non-hydrogen) atoms. The summed E-state index contributed by atoms with van der Waals surface area (Å²) in [7, 11) is 0. The Hall–Kier alpha value is -1.12. The monoisotopic (exact) mass is 301 g/mol. The summed E-state index contributed by atoms with van der Waals surface area (Å²) in [6.07, 6.45) is 2.36. The molecule has 0 aliphatic rings. The lowest BCUT2D eigenvalue weighted by Gasteiger charge is -2.26. The molecule has 1 atom stereocenters. The summed E-state index contributed by atoms with van der Waals surface area (Å²) < 4.78 is 0. The van der Waals surface area contributed by atoms with E-state index in [9.17, 15) is 0 Å². The van der Waals surface area contributed by atoms with Gasteiger partial charge in [-0.3, -0.25) is 0 Å². The number of thiophene rings is 1. The molecule has 1 N–H and O–H groups in total. The molecule has 0 aliphatic carbocycles. The Morgan fingerprint density at radius 2 is 2.00 bits per heavy atom. The highest BCUT2D eigenvalue weighted by Gasteiger charge is 2.16. The largest absolute Gasteiger partial charge is 0.311 e. The van der Waals surface area contributed by atoms with Gasteiger partial charge < -0.3 is 5.32 Å². The van der Waals surface area contributed by atoms with Gasteiger partial charge in [0.05, 0.1) is 0 Å². The van der Waals surface area contributed by atoms with Crippen LogP contribution in [0.25, 0.3) is 0 Å². The van der Waals surface area contributed by atoms with Crippen LogP contribution in [0.2, 0.25) is 0 Å². The first-order valence-corrected chi connectivity index (χ1v) is 8.71. The fourth-order valence-electron chi connectivity index (χ4n) is 2.52. The minimum Gasteiger partial charge on any atom is -0.311 e. The molecule has 0 bridgehead atoms. The Morgan fingerprint density at radius 3 is 2.62 bits per heavy atom. The second-order valence-corrected chi connectivity index (χ2v) is 7.69. The predicted octanol–water partition coefficient (Wildman–Crippen LogP) is 5.16. The highest BCUT2D eigenvalue weighted by atomic mass is 32.1. The predicted molar refractivity (Wildman–Crippen MR) is 94.3 cm³/mol. The number of benzene rings is 1. The van der Waals surface area contributed by atoms with Gasteiger partial charge in [0.15, 0.2) is 0 Å². The number of hydrogen-bond donors (Lipinski definition) is 1. The van der Waals surface area contributed by atoms with Crippen LogP contribution in [0, 0.1) is 6.92 Å². The van der Waals surface area contributed by atoms with Crippen molar-refractivity contribution in [2.75, 3.05) is 6.54 Å². The van der Waals surface area contributed by atoms with Crippen molar-refractivity contribution in [3.63, 3.8) is 0 Å². The maximum absolute atomic E-state index is 3.67. The molecule has 1 aromatic heterocycles. The van der Waals surface area contributed by atoms with Crippen molar-refractivity contribution in [1.82, 2.24) is 5.32 Å². The average Bonchev–Trinajstić information content (AvgIpc) is 2.90. The van der Waals surface area contributed by atoms with E-state index in [1.165, 1.54) is 23.1 Å². The lowest BCUT2D eigenvalue weighted by molar-refractivity contribution is 0.399. The molecule has 0 aliphatic heterocycles. The van der Waals surface area contributed by atoms with Gasteiger partial charge in [-0.2, -0.15) is 11.3 Å². The van der Waals surface area contributed by atoms with Gasteiger partial charge >= 0.3 is 0 Å². The van der Waals surface area contributed by atoms with Crippen molar-refractivity contribution >= 4 is 11.3 Å². The zero-order valence-electron chi connectivity index (χ0n) is 13.6. The molecule has 1 unspecified atom stereocenters. The van der Waals surface area contributed by atoms with Crippen molar-refractivity contribution in [2.45, 2.75) is 52.0 Å². The lowest BCUT2D eigenvalue weighted by Crippen LogP contribution is -2.38. The zero-order valence-corrected chi connectivity index (χ0v) is 14.5. The molecule has 0 saturated carbocycles. The molecule has 1 nitrogen and oxygen atoms in total. The fraction of sp³-hybridized carbons (Fsp3) is 0.474. The molecule has 2 heteroatoms. The summed E-state index contributed by atoms with van der Waals surface area (Å²) in [4.78, 5) is 0. The second-order valence-electron chi connectivity index (χ2n) is 6.91. The Morgan fingerprint density at radius 1 is 1.19 bits per heavy atom. The van der Waals surface area contributed by atoms with Gasteiger partial charge in [-0.15, -0.1) is 0 Å². The van der Waals surface area contributed by atoms with E-state index in [0.717, 1.165) is 13.0 Å². The van der Waals surface area contributed by atoms with E-state index in [4.69, 9.17) is 0 Å². The Labute approximate surface area is 133 Å². The summed E-state index contributed by atoms with van der Waals surface area (Å²) in [6, 6.07) is 11.2. The first kappa shape index (κ1) is 16.3. The van der Waals surface area contributed by atoms with Crippen LogP contribution in [-0.2, 0) is 6.42 Å². The van der Waals surface area contributed by atoms with Crippen molar-refractivity contribution < 1.29 is 0 Å². The van der Waals surface area contributed by atoms with Crippen LogP contribution in [0.15, 0.2) is 41.1 Å². The Kier molecular flexibility index (Phi) is 5.60. The summed E-state index contributed by atoms with van der Waals surface area (Å²) in [6.45, 7) is 9.92. The first-order chi connectivity index (χ1) is 9.94. The Bertz CT molecular complexity index is 537. The summed E-state index contributed by atoms with van der Waals surface area (Å²) in [5, 5.41) is 8.11. The molecule has 1 heterocycles. The van der Waals surface area contributed by atoms with E-state index in [1.54, 1.807) is 11.3 Å². The smallest absolute Gasteiger partial charge is 0.00967 e. The summed E-state index contributed by atoms with van der Waals surface area (Å²) in [5.41, 5.74) is 4.45. The molecule has 114 valence electrons. The molecule has 0 spiro atoms. The SMILES string of the molecule is Cc1cccc(C(CCc2ccsc2)CNC(C)(C)C)c1. The standard InChI is InChI=1S/C19H27NS/c1-15-6-5-7-17(12-15)18(13-20-19(2,3)4)9-8-16-10-11-21-14-16/h5-7,10-12,14,18,20H,8-9,13H2,1-4H3. The number of nitrogens with one attached hydrogen (secondary N) is 1. The summed E-state index contributed by atoms with van der Waals surface area (Å²) in [5.74, 6) is 0.573. The number of rotatable bonds is 6. The molecule has 0 fully saturated rings. The van der Waals surface area contributed by atoms with Gasteiger partial charge in [0, 0.05) is 12.1 Å². The molecule has 0 amide bonds. The minimum absolute atomic E-state index is 0.171. The van der Waals surface area contributed by atoms with Crippen LogP contribution in [-0.4, -0.2) is 12.1 Å².